The van der Waals surface area contributed by atoms with Crippen molar-refractivity contribution < 1.29 is 13.2 Å². The second-order valence-electron chi connectivity index (χ2n) is 4.03. The minimum atomic E-state index is -3.29. The van der Waals surface area contributed by atoms with Crippen molar-refractivity contribution in [2.75, 3.05) is 13.4 Å². The van der Waals surface area contributed by atoms with Crippen LogP contribution in [0.25, 0.3) is 11.1 Å². The molecular weight excluding hydrogens is 328 g/mol. The molecule has 0 aromatic heterocycles. The maximum atomic E-state index is 11.8. The molecule has 0 bridgehead atoms. The predicted molar refractivity (Wildman–Crippen MR) is 78.1 cm³/mol. The van der Waals surface area contributed by atoms with Gasteiger partial charge in [-0.15, -0.1) is 0 Å². The van der Waals surface area contributed by atoms with Gasteiger partial charge in [0, 0.05) is 11.8 Å². The number of ether oxygens (including phenoxy) is 1. The fourth-order valence-electron chi connectivity index (χ4n) is 1.78. The van der Waals surface area contributed by atoms with Gasteiger partial charge < -0.3 is 4.74 Å². The summed E-state index contributed by atoms with van der Waals surface area (Å²) in [6.07, 6.45) is 1.19. The van der Waals surface area contributed by atoms with E-state index in [-0.39, 0.29) is 4.90 Å². The third-order valence-corrected chi connectivity index (χ3v) is 4.42. The Bertz CT molecular complexity index is 708. The Balaban J connectivity index is 2.63. The van der Waals surface area contributed by atoms with Gasteiger partial charge in [-0.05, 0) is 45.8 Å². The van der Waals surface area contributed by atoms with E-state index < -0.39 is 9.84 Å². The monoisotopic (exact) mass is 339 g/mol. The summed E-state index contributed by atoms with van der Waals surface area (Å²) in [5.74, 6) is 0.695. The van der Waals surface area contributed by atoms with Gasteiger partial charge in [-0.25, -0.2) is 8.42 Å². The molecule has 2 rings (SSSR count). The van der Waals surface area contributed by atoms with Crippen molar-refractivity contribution >= 4 is 25.8 Å². The Hall–Kier alpha value is -1.33. The van der Waals surface area contributed by atoms with Crippen LogP contribution in [0.2, 0.25) is 0 Å². The molecule has 99 valence electrons. The number of hydrogen-bond donors (Lipinski definition) is 0. The van der Waals surface area contributed by atoms with Crippen LogP contribution in [0.15, 0.2) is 45.8 Å². The molecule has 0 unspecified atom stereocenters. The molecule has 0 saturated carbocycles. The highest BCUT2D eigenvalue weighted by Gasteiger charge is 2.15. The van der Waals surface area contributed by atoms with Crippen LogP contribution < -0.4 is 4.74 Å². The van der Waals surface area contributed by atoms with Crippen LogP contribution in [-0.2, 0) is 9.84 Å². The molecule has 1 radical (unpaired) electrons. The van der Waals surface area contributed by atoms with E-state index in [2.05, 4.69) is 22.0 Å². The van der Waals surface area contributed by atoms with E-state index in [1.54, 1.807) is 31.4 Å². The van der Waals surface area contributed by atoms with E-state index in [0.29, 0.717) is 11.3 Å². The smallest absolute Gasteiger partial charge is 0.176 e. The summed E-state index contributed by atoms with van der Waals surface area (Å²) in [6, 6.07) is 13.3. The van der Waals surface area contributed by atoms with Crippen LogP contribution in [0, 0.1) is 6.07 Å². The third kappa shape index (κ3) is 2.98. The fraction of sp³-hybridized carbons (Fsp3) is 0.143. The molecule has 0 saturated heterocycles. The van der Waals surface area contributed by atoms with Gasteiger partial charge >= 0.3 is 0 Å². The molecule has 0 atom stereocenters. The number of halogens is 1. The average Bonchev–Trinajstić information content (AvgIpc) is 2.37. The molecule has 2 aromatic carbocycles. The van der Waals surface area contributed by atoms with E-state index in [1.165, 1.54) is 6.26 Å². The first kappa shape index (κ1) is 14.1. The van der Waals surface area contributed by atoms with Gasteiger partial charge in [0.1, 0.15) is 5.75 Å². The van der Waals surface area contributed by atoms with Gasteiger partial charge in [0.15, 0.2) is 9.84 Å². The number of benzene rings is 2. The standard InChI is InChI=1S/C14H12BrO3S/c1-18-13-8-7-10(9-12(13)15)11-5-3-4-6-14(11)19(2,16)17/h3-4,6-9H,1-2H3. The lowest BCUT2D eigenvalue weighted by molar-refractivity contribution is 0.412. The van der Waals surface area contributed by atoms with E-state index in [0.717, 1.165) is 10.0 Å². The van der Waals surface area contributed by atoms with Crippen molar-refractivity contribution in [2.24, 2.45) is 0 Å². The van der Waals surface area contributed by atoms with Crippen LogP contribution in [0.4, 0.5) is 0 Å². The highest BCUT2D eigenvalue weighted by atomic mass is 79.9. The molecular formula is C14H12BrO3S. The van der Waals surface area contributed by atoms with Crippen molar-refractivity contribution in [3.05, 3.63) is 46.9 Å². The van der Waals surface area contributed by atoms with Crippen molar-refractivity contribution in [1.29, 1.82) is 0 Å². The first-order chi connectivity index (χ1) is 8.93. The first-order valence-electron chi connectivity index (χ1n) is 5.48. The van der Waals surface area contributed by atoms with Crippen molar-refractivity contribution in [3.8, 4) is 16.9 Å². The highest BCUT2D eigenvalue weighted by molar-refractivity contribution is 9.10. The van der Waals surface area contributed by atoms with Gasteiger partial charge in [0.25, 0.3) is 0 Å². The molecule has 0 aliphatic rings. The fourth-order valence-corrected chi connectivity index (χ4v) is 3.19. The lowest BCUT2D eigenvalue weighted by Crippen LogP contribution is -1.99. The summed E-state index contributed by atoms with van der Waals surface area (Å²) in [5, 5.41) is 0. The van der Waals surface area contributed by atoms with E-state index in [1.807, 2.05) is 12.1 Å². The van der Waals surface area contributed by atoms with Gasteiger partial charge in [0.05, 0.1) is 16.5 Å². The van der Waals surface area contributed by atoms with Crippen LogP contribution in [-0.4, -0.2) is 21.8 Å². The lowest BCUT2D eigenvalue weighted by atomic mass is 10.1. The summed E-state index contributed by atoms with van der Waals surface area (Å²) in [6.45, 7) is 0. The summed E-state index contributed by atoms with van der Waals surface area (Å²) in [7, 11) is -1.71. The molecule has 2 aromatic rings. The average molecular weight is 340 g/mol. The van der Waals surface area contributed by atoms with Crippen molar-refractivity contribution in [1.82, 2.24) is 0 Å². The molecule has 0 heterocycles. The van der Waals surface area contributed by atoms with Gasteiger partial charge in [0.2, 0.25) is 0 Å². The van der Waals surface area contributed by atoms with E-state index in [4.69, 9.17) is 4.74 Å². The maximum Gasteiger partial charge on any atom is 0.176 e. The Kier molecular flexibility index (Phi) is 3.96. The zero-order valence-corrected chi connectivity index (χ0v) is 12.9. The molecule has 0 aliphatic carbocycles. The second kappa shape index (κ2) is 5.35. The van der Waals surface area contributed by atoms with Gasteiger partial charge in [-0.1, -0.05) is 18.2 Å². The summed E-state index contributed by atoms with van der Waals surface area (Å²) in [4.78, 5) is 0.270. The SMILES string of the molecule is COc1ccc(-c2[c]cccc2S(C)(=O)=O)cc1Br. The quantitative estimate of drug-likeness (QED) is 0.861. The van der Waals surface area contributed by atoms with Gasteiger partial charge in [-0.2, -0.15) is 0 Å². The van der Waals surface area contributed by atoms with E-state index >= 15 is 0 Å². The van der Waals surface area contributed by atoms with Crippen molar-refractivity contribution in [3.63, 3.8) is 0 Å². The molecule has 5 heteroatoms. The minimum absolute atomic E-state index is 0.270. The van der Waals surface area contributed by atoms with Crippen LogP contribution in [0.5, 0.6) is 5.75 Å². The largest absolute Gasteiger partial charge is 0.496 e. The molecule has 19 heavy (non-hydrogen) atoms. The number of sulfone groups is 1. The minimum Gasteiger partial charge on any atom is -0.496 e. The molecule has 0 aliphatic heterocycles. The third-order valence-electron chi connectivity index (χ3n) is 2.66. The predicted octanol–water partition coefficient (Wildman–Crippen LogP) is 3.33. The maximum absolute atomic E-state index is 11.8. The Morgan fingerprint density at radius 1 is 1.26 bits per heavy atom. The summed E-state index contributed by atoms with van der Waals surface area (Å²) >= 11 is 3.39. The summed E-state index contributed by atoms with van der Waals surface area (Å²) in [5.41, 5.74) is 1.34. The zero-order valence-electron chi connectivity index (χ0n) is 10.5. The molecule has 0 N–H and O–H groups in total. The molecule has 0 amide bonds. The number of hydrogen-bond acceptors (Lipinski definition) is 3. The number of rotatable bonds is 3. The molecule has 0 fully saturated rings. The number of methoxy groups -OCH3 is 1. The Morgan fingerprint density at radius 3 is 2.58 bits per heavy atom. The normalized spacial score (nSPS) is 11.3. The van der Waals surface area contributed by atoms with E-state index in [9.17, 15) is 8.42 Å². The van der Waals surface area contributed by atoms with Gasteiger partial charge in [-0.3, -0.25) is 0 Å². The molecule has 0 spiro atoms. The lowest BCUT2D eigenvalue weighted by Gasteiger charge is -2.09. The van der Waals surface area contributed by atoms with Crippen molar-refractivity contribution in [2.45, 2.75) is 4.90 Å². The Labute approximate surface area is 121 Å². The molecule has 3 nitrogen and oxygen atoms in total. The zero-order chi connectivity index (χ0) is 14.0. The van der Waals surface area contributed by atoms with Crippen LogP contribution in [0.1, 0.15) is 0 Å². The highest BCUT2D eigenvalue weighted by Crippen LogP contribution is 2.33. The summed E-state index contributed by atoms with van der Waals surface area (Å²) < 4.78 is 29.5. The topological polar surface area (TPSA) is 43.4 Å². The Morgan fingerprint density at radius 2 is 2.00 bits per heavy atom. The van der Waals surface area contributed by atoms with Crippen LogP contribution >= 0.6 is 15.9 Å². The first-order valence-corrected chi connectivity index (χ1v) is 8.16. The van der Waals surface area contributed by atoms with Crippen LogP contribution in [0.3, 0.4) is 0 Å². The second-order valence-corrected chi connectivity index (χ2v) is 6.87.